The molecule has 0 saturated carbocycles. The molecule has 0 aromatic heterocycles. The average molecular weight is 272 g/mol. The highest BCUT2D eigenvalue weighted by Crippen LogP contribution is 2.21. The molecule has 0 heterocycles. The molecule has 0 amide bonds. The van der Waals surface area contributed by atoms with Crippen LogP contribution in [0.25, 0.3) is 0 Å². The maximum Gasteiger partial charge on any atom is 0.167 e. The average Bonchev–Trinajstić information content (AvgIpc) is 2.42. The molecule has 0 bridgehead atoms. The molecule has 0 fully saturated rings. The van der Waals surface area contributed by atoms with E-state index >= 15 is 0 Å². The minimum Gasteiger partial charge on any atom is -0.496 e. The fourth-order valence-electron chi connectivity index (χ4n) is 2.13. The predicted octanol–water partition coefficient (Wildman–Crippen LogP) is 3.88. The van der Waals surface area contributed by atoms with Gasteiger partial charge in [-0.05, 0) is 48.7 Å². The Labute approximate surface area is 118 Å². The van der Waals surface area contributed by atoms with Gasteiger partial charge in [0.05, 0.1) is 7.11 Å². The molecule has 104 valence electrons. The highest BCUT2D eigenvalue weighted by Gasteiger charge is 2.11. The van der Waals surface area contributed by atoms with Crippen molar-refractivity contribution in [2.24, 2.45) is 0 Å². The normalized spacial score (nSPS) is 10.4. The van der Waals surface area contributed by atoms with Gasteiger partial charge in [-0.2, -0.15) is 0 Å². The van der Waals surface area contributed by atoms with Crippen molar-refractivity contribution in [1.82, 2.24) is 0 Å². The molecular weight excluding hydrogens is 255 g/mol. The minimum absolute atomic E-state index is 0.00184. The first-order valence-corrected chi connectivity index (χ1v) is 6.44. The number of halogens is 1. The monoisotopic (exact) mass is 272 g/mol. The lowest BCUT2D eigenvalue weighted by molar-refractivity contribution is 0.0992. The van der Waals surface area contributed by atoms with E-state index in [0.29, 0.717) is 11.3 Å². The first-order chi connectivity index (χ1) is 9.51. The Morgan fingerprint density at radius 2 is 1.85 bits per heavy atom. The molecule has 0 radical (unpaired) electrons. The summed E-state index contributed by atoms with van der Waals surface area (Å²) in [5, 5.41) is 0. The second-order valence-corrected chi connectivity index (χ2v) is 4.86. The van der Waals surface area contributed by atoms with Crippen molar-refractivity contribution in [2.75, 3.05) is 7.11 Å². The molecule has 0 saturated heterocycles. The Hall–Kier alpha value is -2.16. The molecule has 0 aliphatic carbocycles. The Bertz CT molecular complexity index is 647. The number of rotatable bonds is 4. The molecule has 2 aromatic carbocycles. The van der Waals surface area contributed by atoms with E-state index in [9.17, 15) is 9.18 Å². The molecule has 3 heteroatoms. The van der Waals surface area contributed by atoms with E-state index in [-0.39, 0.29) is 18.0 Å². The van der Waals surface area contributed by atoms with E-state index in [1.807, 2.05) is 13.0 Å². The topological polar surface area (TPSA) is 26.3 Å². The van der Waals surface area contributed by atoms with Crippen LogP contribution in [-0.4, -0.2) is 12.9 Å². The molecule has 0 unspecified atom stereocenters. The Kier molecular flexibility index (Phi) is 4.18. The number of carbonyl (C=O) groups is 1. The summed E-state index contributed by atoms with van der Waals surface area (Å²) in [7, 11) is 1.58. The van der Waals surface area contributed by atoms with E-state index in [1.54, 1.807) is 32.2 Å². The first-order valence-electron chi connectivity index (χ1n) is 6.44. The number of methoxy groups -OCH3 is 1. The van der Waals surface area contributed by atoms with Crippen molar-refractivity contribution in [3.8, 4) is 5.75 Å². The molecule has 0 spiro atoms. The van der Waals surface area contributed by atoms with E-state index in [2.05, 4.69) is 0 Å². The number of Topliss-reactive ketones (excluding diaryl/α,β-unsaturated/α-hetero) is 1. The first kappa shape index (κ1) is 14.3. The van der Waals surface area contributed by atoms with Crippen LogP contribution >= 0.6 is 0 Å². The van der Waals surface area contributed by atoms with Crippen LogP contribution in [0.5, 0.6) is 5.75 Å². The molecule has 20 heavy (non-hydrogen) atoms. The zero-order valence-corrected chi connectivity index (χ0v) is 11.9. The van der Waals surface area contributed by atoms with E-state index in [0.717, 1.165) is 16.7 Å². The number of ether oxygens (including phenoxy) is 1. The molecule has 0 N–H and O–H groups in total. The van der Waals surface area contributed by atoms with E-state index < -0.39 is 0 Å². The maximum atomic E-state index is 13.0. The Balaban J connectivity index is 2.24. The van der Waals surface area contributed by atoms with E-state index in [1.165, 1.54) is 12.1 Å². The number of aryl methyl sites for hydroxylation is 2. The number of hydrogen-bond acceptors (Lipinski definition) is 2. The lowest BCUT2D eigenvalue weighted by Gasteiger charge is -2.08. The molecule has 2 nitrogen and oxygen atoms in total. The Morgan fingerprint density at radius 3 is 2.50 bits per heavy atom. The van der Waals surface area contributed by atoms with Crippen LogP contribution in [0.2, 0.25) is 0 Å². The molecule has 2 rings (SSSR count). The Morgan fingerprint density at radius 1 is 1.10 bits per heavy atom. The van der Waals surface area contributed by atoms with Gasteiger partial charge in [0.1, 0.15) is 11.6 Å². The van der Waals surface area contributed by atoms with Crippen LogP contribution in [0, 0.1) is 19.7 Å². The standard InChI is InChI=1S/C17H17FO2/c1-11-4-5-14(10-17(11)20-3)16(19)9-13-6-7-15(18)8-12(13)2/h4-8,10H,9H2,1-3H3. The minimum atomic E-state index is -0.282. The van der Waals surface area contributed by atoms with Crippen molar-refractivity contribution in [3.05, 3.63) is 64.5 Å². The molecular formula is C17H17FO2. The molecule has 2 aromatic rings. The van der Waals surface area contributed by atoms with Crippen molar-refractivity contribution in [1.29, 1.82) is 0 Å². The lowest BCUT2D eigenvalue weighted by atomic mass is 9.98. The zero-order chi connectivity index (χ0) is 14.7. The summed E-state index contributed by atoms with van der Waals surface area (Å²) in [4.78, 5) is 12.3. The number of hydrogen-bond donors (Lipinski definition) is 0. The molecule has 0 atom stereocenters. The van der Waals surface area contributed by atoms with Crippen LogP contribution in [0.4, 0.5) is 4.39 Å². The van der Waals surface area contributed by atoms with Gasteiger partial charge in [-0.25, -0.2) is 4.39 Å². The highest BCUT2D eigenvalue weighted by molar-refractivity contribution is 5.98. The van der Waals surface area contributed by atoms with Crippen molar-refractivity contribution in [2.45, 2.75) is 20.3 Å². The SMILES string of the molecule is COc1cc(C(=O)Cc2ccc(F)cc2C)ccc1C. The third-order valence-electron chi connectivity index (χ3n) is 3.39. The quantitative estimate of drug-likeness (QED) is 0.790. The van der Waals surface area contributed by atoms with Crippen LogP contribution < -0.4 is 4.74 Å². The third-order valence-corrected chi connectivity index (χ3v) is 3.39. The second-order valence-electron chi connectivity index (χ2n) is 4.86. The van der Waals surface area contributed by atoms with Gasteiger partial charge < -0.3 is 4.74 Å². The third kappa shape index (κ3) is 3.05. The van der Waals surface area contributed by atoms with E-state index in [4.69, 9.17) is 4.74 Å². The summed E-state index contributed by atoms with van der Waals surface area (Å²) in [5.74, 6) is 0.417. The van der Waals surface area contributed by atoms with Crippen LogP contribution in [0.1, 0.15) is 27.0 Å². The number of benzene rings is 2. The summed E-state index contributed by atoms with van der Waals surface area (Å²) in [6.45, 7) is 3.73. The molecule has 0 aliphatic heterocycles. The second kappa shape index (κ2) is 5.87. The predicted molar refractivity (Wildman–Crippen MR) is 76.9 cm³/mol. The number of carbonyl (C=O) groups excluding carboxylic acids is 1. The maximum absolute atomic E-state index is 13.0. The van der Waals surface area contributed by atoms with Gasteiger partial charge in [-0.1, -0.05) is 18.2 Å². The lowest BCUT2D eigenvalue weighted by Crippen LogP contribution is -2.05. The van der Waals surface area contributed by atoms with Gasteiger partial charge in [-0.3, -0.25) is 4.79 Å². The highest BCUT2D eigenvalue weighted by atomic mass is 19.1. The van der Waals surface area contributed by atoms with Crippen LogP contribution in [0.3, 0.4) is 0 Å². The molecule has 0 aliphatic rings. The van der Waals surface area contributed by atoms with Crippen molar-refractivity contribution < 1.29 is 13.9 Å². The largest absolute Gasteiger partial charge is 0.496 e. The van der Waals surface area contributed by atoms with Gasteiger partial charge in [0, 0.05) is 12.0 Å². The smallest absolute Gasteiger partial charge is 0.167 e. The summed E-state index contributed by atoms with van der Waals surface area (Å²) in [6, 6.07) is 9.89. The van der Waals surface area contributed by atoms with Gasteiger partial charge in [-0.15, -0.1) is 0 Å². The summed E-state index contributed by atoms with van der Waals surface area (Å²) in [5.41, 5.74) is 3.23. The van der Waals surface area contributed by atoms with Gasteiger partial charge in [0.25, 0.3) is 0 Å². The van der Waals surface area contributed by atoms with Gasteiger partial charge in [0.2, 0.25) is 0 Å². The van der Waals surface area contributed by atoms with Gasteiger partial charge >= 0.3 is 0 Å². The van der Waals surface area contributed by atoms with Crippen LogP contribution in [-0.2, 0) is 6.42 Å². The zero-order valence-electron chi connectivity index (χ0n) is 11.9. The van der Waals surface area contributed by atoms with Crippen LogP contribution in [0.15, 0.2) is 36.4 Å². The fraction of sp³-hybridized carbons (Fsp3) is 0.235. The van der Waals surface area contributed by atoms with Crippen molar-refractivity contribution >= 4 is 5.78 Å². The summed E-state index contributed by atoms with van der Waals surface area (Å²) >= 11 is 0. The number of ketones is 1. The van der Waals surface area contributed by atoms with Crippen molar-refractivity contribution in [3.63, 3.8) is 0 Å². The van der Waals surface area contributed by atoms with Gasteiger partial charge in [0.15, 0.2) is 5.78 Å². The summed E-state index contributed by atoms with van der Waals surface area (Å²) < 4.78 is 18.3. The summed E-state index contributed by atoms with van der Waals surface area (Å²) in [6.07, 6.45) is 0.262. The fourth-order valence-corrected chi connectivity index (χ4v) is 2.13.